The minimum absolute atomic E-state index is 0.0235. The van der Waals surface area contributed by atoms with Crippen molar-refractivity contribution in [3.8, 4) is 0 Å². The van der Waals surface area contributed by atoms with Gasteiger partial charge in [0.25, 0.3) is 0 Å². The van der Waals surface area contributed by atoms with Crippen LogP contribution < -0.4 is 0 Å². The average molecular weight is 1470 g/mol. The van der Waals surface area contributed by atoms with E-state index >= 15 is 0 Å². The molecule has 0 saturated carbocycles. The van der Waals surface area contributed by atoms with Crippen molar-refractivity contribution in [2.24, 2.45) is 0 Å². The monoisotopic (exact) mass is 1460 g/mol. The molecule has 102 heavy (non-hydrogen) atoms. The molecule has 0 bridgehead atoms. The molecular weight excluding hydrogens is 1330 g/mol. The van der Waals surface area contributed by atoms with Crippen LogP contribution >= 0.6 is 15.6 Å². The van der Waals surface area contributed by atoms with Gasteiger partial charge in [-0.2, -0.15) is 0 Å². The molecule has 5 atom stereocenters. The fraction of sp³-hybridized carbons (Fsp3) is 0.614. The van der Waals surface area contributed by atoms with Gasteiger partial charge in [-0.25, -0.2) is 9.13 Å². The van der Waals surface area contributed by atoms with Crippen molar-refractivity contribution in [1.82, 2.24) is 0 Å². The summed E-state index contributed by atoms with van der Waals surface area (Å²) in [6, 6.07) is 0. The molecule has 0 aromatic rings. The number of hydrogen-bond donors (Lipinski definition) is 3. The number of allylic oxidation sites excluding steroid dienone is 28. The highest BCUT2D eigenvalue weighted by molar-refractivity contribution is 7.47. The first-order valence-corrected chi connectivity index (χ1v) is 41.4. The van der Waals surface area contributed by atoms with Crippen LogP contribution in [-0.2, 0) is 65.4 Å². The molecule has 0 aliphatic carbocycles. The van der Waals surface area contributed by atoms with E-state index in [1.807, 2.05) is 12.2 Å². The number of aliphatic hydroxyl groups is 1. The summed E-state index contributed by atoms with van der Waals surface area (Å²) in [5.41, 5.74) is 0. The molecule has 578 valence electrons. The third kappa shape index (κ3) is 72.8. The molecule has 5 unspecified atom stereocenters. The highest BCUT2D eigenvalue weighted by atomic mass is 31.2. The summed E-state index contributed by atoms with van der Waals surface area (Å²) in [6.07, 6.45) is 86.4. The maximum atomic E-state index is 13.1. The van der Waals surface area contributed by atoms with Crippen LogP contribution in [0.3, 0.4) is 0 Å². The lowest BCUT2D eigenvalue weighted by molar-refractivity contribution is -0.161. The Morgan fingerprint density at radius 1 is 0.284 bits per heavy atom. The standard InChI is InChI=1S/C83H134O17P2/c1-5-9-13-17-21-25-29-33-37-38-42-44-48-52-56-60-64-68-81(86)94-74-79(100-83(88)70-66-62-58-54-50-46-41-36-32-28-24-20-16-12-8-4)76-98-102(91,92)96-72-77(84)71-95-101(89,90)97-75-78(99-82(87)69-65-61-57-53-49-45-40-35-31-27-23-19-15-11-7-3)73-93-80(85)67-63-59-55-51-47-43-39-34-30-26-22-18-14-10-6-2/h9-10,12-14,16,21-28,33-37,39-42,44,50,52,54,56,77-79,84H,5-8,11,15,17-20,29-32,38,43,45-49,51,53,55,57-76H2,1-4H3,(H,89,90)(H,91,92)/b13-9-,14-10-,16-12-,25-21-,26-22-,27-23-,28-24-,37-33-,39-34-,40-35-,41-36-,44-42-,54-50-,56-52-. The van der Waals surface area contributed by atoms with Crippen molar-refractivity contribution in [2.75, 3.05) is 39.6 Å². The molecule has 0 aliphatic rings. The third-order valence-electron chi connectivity index (χ3n) is 15.2. The number of ether oxygens (including phenoxy) is 4. The van der Waals surface area contributed by atoms with E-state index in [1.165, 1.54) is 19.3 Å². The Balaban J connectivity index is 5.49. The lowest BCUT2D eigenvalue weighted by Crippen LogP contribution is -2.30. The number of rotatable bonds is 70. The summed E-state index contributed by atoms with van der Waals surface area (Å²) < 4.78 is 68.4. The molecule has 0 saturated heterocycles. The molecular formula is C83H134O17P2. The van der Waals surface area contributed by atoms with Crippen LogP contribution in [-0.4, -0.2) is 96.7 Å². The normalized spacial score (nSPS) is 14.9. The van der Waals surface area contributed by atoms with Crippen molar-refractivity contribution in [1.29, 1.82) is 0 Å². The van der Waals surface area contributed by atoms with Gasteiger partial charge in [0.15, 0.2) is 12.2 Å². The van der Waals surface area contributed by atoms with E-state index in [1.54, 1.807) is 0 Å². The van der Waals surface area contributed by atoms with E-state index in [9.17, 15) is 43.2 Å². The van der Waals surface area contributed by atoms with Crippen molar-refractivity contribution in [3.63, 3.8) is 0 Å². The zero-order valence-electron chi connectivity index (χ0n) is 63.0. The Morgan fingerprint density at radius 3 is 0.843 bits per heavy atom. The van der Waals surface area contributed by atoms with Crippen LogP contribution in [0, 0.1) is 0 Å². The fourth-order valence-corrected chi connectivity index (χ4v) is 11.0. The number of hydrogen-bond acceptors (Lipinski definition) is 15. The van der Waals surface area contributed by atoms with Crippen molar-refractivity contribution in [3.05, 3.63) is 170 Å². The molecule has 0 spiro atoms. The van der Waals surface area contributed by atoms with E-state index in [-0.39, 0.29) is 25.7 Å². The second-order valence-electron chi connectivity index (χ2n) is 24.8. The number of carbonyl (C=O) groups excluding carboxylic acids is 4. The minimum Gasteiger partial charge on any atom is -0.462 e. The summed E-state index contributed by atoms with van der Waals surface area (Å²) in [4.78, 5) is 72.9. The highest BCUT2D eigenvalue weighted by Crippen LogP contribution is 2.45. The van der Waals surface area contributed by atoms with Gasteiger partial charge >= 0.3 is 39.5 Å². The van der Waals surface area contributed by atoms with Gasteiger partial charge in [0.2, 0.25) is 0 Å². The zero-order valence-corrected chi connectivity index (χ0v) is 64.8. The van der Waals surface area contributed by atoms with Gasteiger partial charge in [-0.1, -0.05) is 249 Å². The van der Waals surface area contributed by atoms with Crippen LogP contribution in [0.5, 0.6) is 0 Å². The van der Waals surface area contributed by atoms with Crippen molar-refractivity contribution < 1.29 is 80.2 Å². The molecule has 0 radical (unpaired) electrons. The van der Waals surface area contributed by atoms with Gasteiger partial charge in [0, 0.05) is 25.7 Å². The van der Waals surface area contributed by atoms with Crippen LogP contribution in [0.25, 0.3) is 0 Å². The lowest BCUT2D eigenvalue weighted by atomic mass is 10.1. The zero-order chi connectivity index (χ0) is 74.6. The summed E-state index contributed by atoms with van der Waals surface area (Å²) in [7, 11) is -10.0. The second-order valence-corrected chi connectivity index (χ2v) is 27.7. The molecule has 0 heterocycles. The summed E-state index contributed by atoms with van der Waals surface area (Å²) in [5.74, 6) is -2.34. The number of unbranched alkanes of at least 4 members (excludes halogenated alkanes) is 16. The first-order chi connectivity index (χ1) is 49.7. The van der Waals surface area contributed by atoms with Gasteiger partial charge in [-0.15, -0.1) is 0 Å². The molecule has 19 heteroatoms. The lowest BCUT2D eigenvalue weighted by Gasteiger charge is -2.21. The number of aliphatic hydroxyl groups excluding tert-OH is 1. The number of carbonyl (C=O) groups is 4. The maximum absolute atomic E-state index is 13.1. The average Bonchev–Trinajstić information content (AvgIpc) is 0.923. The van der Waals surface area contributed by atoms with Gasteiger partial charge in [-0.3, -0.25) is 37.3 Å². The van der Waals surface area contributed by atoms with Crippen LogP contribution in [0.4, 0.5) is 0 Å². The van der Waals surface area contributed by atoms with E-state index in [2.05, 4.69) is 186 Å². The molecule has 0 fully saturated rings. The van der Waals surface area contributed by atoms with E-state index in [0.717, 1.165) is 161 Å². The summed E-state index contributed by atoms with van der Waals surface area (Å²) in [5, 5.41) is 10.6. The molecule has 3 N–H and O–H groups in total. The number of esters is 4. The SMILES string of the molecule is CC/C=C\C/C=C\C/C=C\C/C=C\C/C=C\CCCC(=O)OCC(COP(=O)(O)OCC(O)COP(=O)(O)OCC(COC(=O)CCCCCCC/C=C\C/C=C\C/C=C\CC)OC(=O)CCCCCCC/C=C\C/C=C\CCCCC)OC(=O)CCCC/C=C\C/C=C\C/C=C\C/C=C\CC. The fourth-order valence-electron chi connectivity index (χ4n) is 9.41. The highest BCUT2D eigenvalue weighted by Gasteiger charge is 2.30. The Hall–Kier alpha value is -5.58. The Bertz CT molecular complexity index is 2600. The third-order valence-corrected chi connectivity index (χ3v) is 17.1. The second kappa shape index (κ2) is 73.7. The molecule has 17 nitrogen and oxygen atoms in total. The van der Waals surface area contributed by atoms with Crippen molar-refractivity contribution in [2.45, 2.75) is 290 Å². The molecule has 0 amide bonds. The van der Waals surface area contributed by atoms with E-state index in [0.29, 0.717) is 38.5 Å². The first kappa shape index (κ1) is 96.4. The maximum Gasteiger partial charge on any atom is 0.472 e. The van der Waals surface area contributed by atoms with Crippen LogP contribution in [0.1, 0.15) is 272 Å². The van der Waals surface area contributed by atoms with Crippen LogP contribution in [0.2, 0.25) is 0 Å². The molecule has 0 aromatic carbocycles. The van der Waals surface area contributed by atoms with Crippen molar-refractivity contribution >= 4 is 39.5 Å². The first-order valence-electron chi connectivity index (χ1n) is 38.4. The Morgan fingerprint density at radius 2 is 0.520 bits per heavy atom. The Kier molecular flexibility index (Phi) is 69.7. The molecule has 0 rings (SSSR count). The van der Waals surface area contributed by atoms with Crippen LogP contribution in [0.15, 0.2) is 170 Å². The quantitative estimate of drug-likeness (QED) is 0.0169. The van der Waals surface area contributed by atoms with Gasteiger partial charge < -0.3 is 33.8 Å². The van der Waals surface area contributed by atoms with E-state index < -0.39 is 97.5 Å². The smallest absolute Gasteiger partial charge is 0.462 e. The number of phosphoric ester groups is 2. The van der Waals surface area contributed by atoms with E-state index in [4.69, 9.17) is 37.0 Å². The topological polar surface area (TPSA) is 237 Å². The minimum atomic E-state index is -5.01. The molecule has 0 aromatic heterocycles. The Labute approximate surface area is 616 Å². The molecule has 0 aliphatic heterocycles. The van der Waals surface area contributed by atoms with Gasteiger partial charge in [0.1, 0.15) is 19.3 Å². The summed E-state index contributed by atoms with van der Waals surface area (Å²) >= 11 is 0. The van der Waals surface area contributed by atoms with Gasteiger partial charge in [-0.05, 0) is 167 Å². The number of phosphoric acid groups is 2. The summed E-state index contributed by atoms with van der Waals surface area (Å²) in [6.45, 7) is 4.33. The largest absolute Gasteiger partial charge is 0.472 e. The van der Waals surface area contributed by atoms with Gasteiger partial charge in [0.05, 0.1) is 26.4 Å². The predicted molar refractivity (Wildman–Crippen MR) is 417 cm³/mol. The predicted octanol–water partition coefficient (Wildman–Crippen LogP) is 22.2.